The summed E-state index contributed by atoms with van der Waals surface area (Å²) in [5.74, 6) is -0.0853. The lowest BCUT2D eigenvalue weighted by Crippen LogP contribution is -2.54. The van der Waals surface area contributed by atoms with Gasteiger partial charge in [0.15, 0.2) is 0 Å². The van der Waals surface area contributed by atoms with E-state index in [4.69, 9.17) is 9.47 Å². The molecule has 0 bridgehead atoms. The fraction of sp³-hybridized carbons (Fsp3) is 0.650. The van der Waals surface area contributed by atoms with Gasteiger partial charge in [-0.05, 0) is 32.3 Å². The van der Waals surface area contributed by atoms with E-state index in [1.807, 2.05) is 30.3 Å². The Labute approximate surface area is 150 Å². The zero-order valence-corrected chi connectivity index (χ0v) is 15.4. The molecule has 0 radical (unpaired) electrons. The quantitative estimate of drug-likeness (QED) is 0.767. The number of likely N-dealkylation sites (tertiary alicyclic amines) is 1. The van der Waals surface area contributed by atoms with E-state index in [1.165, 1.54) is 0 Å². The van der Waals surface area contributed by atoms with E-state index in [-0.39, 0.29) is 24.2 Å². The number of ether oxygens (including phenoxy) is 2. The first-order valence-electron chi connectivity index (χ1n) is 9.44. The van der Waals surface area contributed by atoms with Crippen molar-refractivity contribution in [2.24, 2.45) is 0 Å². The zero-order chi connectivity index (χ0) is 17.6. The third kappa shape index (κ3) is 5.27. The molecule has 25 heavy (non-hydrogen) atoms. The third-order valence-electron chi connectivity index (χ3n) is 4.99. The topological polar surface area (TPSA) is 42.0 Å². The van der Waals surface area contributed by atoms with Gasteiger partial charge in [-0.3, -0.25) is 14.6 Å². The summed E-state index contributed by atoms with van der Waals surface area (Å²) in [4.78, 5) is 17.3. The molecule has 1 aromatic carbocycles. The van der Waals surface area contributed by atoms with Crippen LogP contribution in [0.5, 0.6) is 0 Å². The van der Waals surface area contributed by atoms with Crippen molar-refractivity contribution in [2.75, 3.05) is 26.3 Å². The van der Waals surface area contributed by atoms with Crippen molar-refractivity contribution in [3.63, 3.8) is 0 Å². The van der Waals surface area contributed by atoms with Gasteiger partial charge in [0.25, 0.3) is 0 Å². The minimum absolute atomic E-state index is 0.0853. The number of esters is 1. The molecule has 2 aliphatic heterocycles. The van der Waals surface area contributed by atoms with Crippen LogP contribution in [0.1, 0.15) is 38.7 Å². The lowest BCUT2D eigenvalue weighted by atomic mass is 10.0. The van der Waals surface area contributed by atoms with Crippen LogP contribution >= 0.6 is 0 Å². The highest BCUT2D eigenvalue weighted by molar-refractivity contribution is 5.75. The molecule has 0 saturated carbocycles. The number of nitrogens with zero attached hydrogens (tertiary/aromatic N) is 2. The summed E-state index contributed by atoms with van der Waals surface area (Å²) >= 11 is 0. The molecule has 2 heterocycles. The van der Waals surface area contributed by atoms with Gasteiger partial charge in [0, 0.05) is 19.6 Å². The number of hydrogen-bond donors (Lipinski definition) is 0. The number of hydrogen-bond acceptors (Lipinski definition) is 5. The van der Waals surface area contributed by atoms with Crippen LogP contribution in [-0.4, -0.2) is 60.3 Å². The van der Waals surface area contributed by atoms with Crippen LogP contribution in [0.4, 0.5) is 0 Å². The summed E-state index contributed by atoms with van der Waals surface area (Å²) < 4.78 is 11.4. The summed E-state index contributed by atoms with van der Waals surface area (Å²) in [6.07, 6.45) is 3.63. The maximum atomic E-state index is 12.6. The molecule has 5 nitrogen and oxygen atoms in total. The monoisotopic (exact) mass is 346 g/mol. The Morgan fingerprint density at radius 2 is 1.88 bits per heavy atom. The molecule has 0 unspecified atom stereocenters. The fourth-order valence-corrected chi connectivity index (χ4v) is 3.91. The van der Waals surface area contributed by atoms with E-state index in [0.29, 0.717) is 6.61 Å². The molecule has 0 spiro atoms. The summed E-state index contributed by atoms with van der Waals surface area (Å²) in [5.41, 5.74) is 1.04. The normalized spacial score (nSPS) is 28.6. The van der Waals surface area contributed by atoms with Crippen molar-refractivity contribution in [3.8, 4) is 0 Å². The molecule has 2 aliphatic rings. The van der Waals surface area contributed by atoms with Crippen LogP contribution in [0.25, 0.3) is 0 Å². The highest BCUT2D eigenvalue weighted by Gasteiger charge is 2.32. The molecule has 138 valence electrons. The molecule has 0 aliphatic carbocycles. The molecular weight excluding hydrogens is 316 g/mol. The predicted octanol–water partition coefficient (Wildman–Crippen LogP) is 2.65. The second kappa shape index (κ2) is 8.79. The van der Waals surface area contributed by atoms with Gasteiger partial charge >= 0.3 is 5.97 Å². The van der Waals surface area contributed by atoms with Gasteiger partial charge in [-0.15, -0.1) is 0 Å². The van der Waals surface area contributed by atoms with Crippen molar-refractivity contribution in [1.82, 2.24) is 9.80 Å². The number of carbonyl (C=O) groups is 1. The molecule has 2 saturated heterocycles. The number of rotatable bonds is 5. The maximum absolute atomic E-state index is 12.6. The maximum Gasteiger partial charge on any atom is 0.323 e. The highest BCUT2D eigenvalue weighted by Crippen LogP contribution is 2.21. The average Bonchev–Trinajstić information content (AvgIpc) is 2.60. The third-order valence-corrected chi connectivity index (χ3v) is 4.99. The number of carbonyl (C=O) groups excluding carboxylic acids is 1. The molecule has 3 atom stereocenters. The first-order valence-corrected chi connectivity index (χ1v) is 9.44. The van der Waals surface area contributed by atoms with Crippen LogP contribution in [0.3, 0.4) is 0 Å². The largest absolute Gasteiger partial charge is 0.460 e. The second-order valence-electron chi connectivity index (χ2n) is 7.35. The highest BCUT2D eigenvalue weighted by atomic mass is 16.5. The Hall–Kier alpha value is -1.43. The van der Waals surface area contributed by atoms with Gasteiger partial charge in [-0.25, -0.2) is 0 Å². The van der Waals surface area contributed by atoms with E-state index >= 15 is 0 Å². The van der Waals surface area contributed by atoms with E-state index < -0.39 is 0 Å². The van der Waals surface area contributed by atoms with Crippen LogP contribution in [-0.2, 0) is 20.9 Å². The molecule has 1 aromatic rings. The van der Waals surface area contributed by atoms with Crippen molar-refractivity contribution in [2.45, 2.75) is 58.0 Å². The van der Waals surface area contributed by atoms with E-state index in [0.717, 1.165) is 51.1 Å². The second-order valence-corrected chi connectivity index (χ2v) is 7.35. The minimum atomic E-state index is -0.120. The molecule has 0 amide bonds. The SMILES string of the molecule is C[C@@H]1CN(CN2CCCC[C@H]2C(=O)OCc2ccccc2)C[C@H](C)O1. The standard InChI is InChI=1S/C20H30N2O3/c1-16-12-21(13-17(2)25-16)15-22-11-7-6-10-19(22)20(23)24-14-18-8-4-3-5-9-18/h3-5,8-9,16-17,19H,6-7,10-15H2,1-2H3/t16-,17+,19-/m0/s1. The molecule has 0 N–H and O–H groups in total. The van der Waals surface area contributed by atoms with E-state index in [1.54, 1.807) is 0 Å². The van der Waals surface area contributed by atoms with Crippen LogP contribution < -0.4 is 0 Å². The Morgan fingerprint density at radius 1 is 1.16 bits per heavy atom. The Morgan fingerprint density at radius 3 is 2.60 bits per heavy atom. The Bertz CT molecular complexity index is 541. The van der Waals surface area contributed by atoms with Gasteiger partial charge in [0.1, 0.15) is 12.6 Å². The zero-order valence-electron chi connectivity index (χ0n) is 15.4. The van der Waals surface area contributed by atoms with E-state index in [2.05, 4.69) is 23.6 Å². The van der Waals surface area contributed by atoms with Gasteiger partial charge in [-0.1, -0.05) is 36.8 Å². The summed E-state index contributed by atoms with van der Waals surface area (Å²) in [7, 11) is 0. The Balaban J connectivity index is 1.55. The number of piperidine rings is 1. The van der Waals surface area contributed by atoms with Crippen LogP contribution in [0, 0.1) is 0 Å². The van der Waals surface area contributed by atoms with Crippen molar-refractivity contribution in [1.29, 1.82) is 0 Å². The Kier molecular flexibility index (Phi) is 6.45. The molecule has 0 aromatic heterocycles. The summed E-state index contributed by atoms with van der Waals surface area (Å²) in [6, 6.07) is 9.77. The first kappa shape index (κ1) is 18.4. The van der Waals surface area contributed by atoms with Crippen molar-refractivity contribution < 1.29 is 14.3 Å². The lowest BCUT2D eigenvalue weighted by molar-refractivity contribution is -0.155. The predicted molar refractivity (Wildman–Crippen MR) is 97.0 cm³/mol. The van der Waals surface area contributed by atoms with Gasteiger partial charge in [-0.2, -0.15) is 0 Å². The number of benzene rings is 1. The fourth-order valence-electron chi connectivity index (χ4n) is 3.91. The smallest absolute Gasteiger partial charge is 0.323 e. The summed E-state index contributed by atoms with van der Waals surface area (Å²) in [6.45, 7) is 8.22. The van der Waals surface area contributed by atoms with Gasteiger partial charge < -0.3 is 9.47 Å². The molecule has 3 rings (SSSR count). The molecule has 5 heteroatoms. The van der Waals surface area contributed by atoms with Gasteiger partial charge in [0.05, 0.1) is 18.9 Å². The van der Waals surface area contributed by atoms with Crippen LogP contribution in [0.15, 0.2) is 30.3 Å². The molecule has 2 fully saturated rings. The molecular formula is C20H30N2O3. The summed E-state index contributed by atoms with van der Waals surface area (Å²) in [5, 5.41) is 0. The van der Waals surface area contributed by atoms with Crippen LogP contribution in [0.2, 0.25) is 0 Å². The average molecular weight is 346 g/mol. The van der Waals surface area contributed by atoms with Gasteiger partial charge in [0.2, 0.25) is 0 Å². The lowest BCUT2D eigenvalue weighted by Gasteiger charge is -2.41. The first-order chi connectivity index (χ1) is 12.1. The minimum Gasteiger partial charge on any atom is -0.460 e. The van der Waals surface area contributed by atoms with Crippen molar-refractivity contribution in [3.05, 3.63) is 35.9 Å². The van der Waals surface area contributed by atoms with Crippen molar-refractivity contribution >= 4 is 5.97 Å². The van der Waals surface area contributed by atoms with E-state index in [9.17, 15) is 4.79 Å². The number of morpholine rings is 1.